The molecule has 0 spiro atoms. The highest BCUT2D eigenvalue weighted by molar-refractivity contribution is 6.33. The summed E-state index contributed by atoms with van der Waals surface area (Å²) in [5, 5.41) is 13.8. The van der Waals surface area contributed by atoms with Crippen LogP contribution in [0.2, 0.25) is 5.02 Å². The highest BCUT2D eigenvalue weighted by atomic mass is 35.5. The van der Waals surface area contributed by atoms with E-state index in [1.54, 1.807) is 6.08 Å². The summed E-state index contributed by atoms with van der Waals surface area (Å²) in [6.45, 7) is 0. The fraction of sp³-hybridized carbons (Fsp3) is 0. The molecule has 5 nitrogen and oxygen atoms in total. The van der Waals surface area contributed by atoms with E-state index in [0.29, 0.717) is 11.3 Å². The summed E-state index contributed by atoms with van der Waals surface area (Å²) in [5.41, 5.74) is 2.09. The summed E-state index contributed by atoms with van der Waals surface area (Å²) >= 11 is 5.83. The molecule has 0 saturated carbocycles. The third kappa shape index (κ3) is 4.59. The number of carbonyl (C=O) groups is 1. The smallest absolute Gasteiger partial charge is 0.289 e. The van der Waals surface area contributed by atoms with E-state index in [1.165, 1.54) is 18.2 Å². The predicted octanol–water partition coefficient (Wildman–Crippen LogP) is 5.43. The van der Waals surface area contributed by atoms with Gasteiger partial charge in [-0.05, 0) is 29.3 Å². The molecule has 0 aliphatic heterocycles. The molecular formula is C21H15ClN2O3. The number of nitro groups is 1. The lowest BCUT2D eigenvalue weighted by atomic mass is 10.0. The Hall–Kier alpha value is -3.44. The zero-order chi connectivity index (χ0) is 19.2. The molecule has 0 saturated heterocycles. The van der Waals surface area contributed by atoms with Crippen LogP contribution in [0.1, 0.15) is 11.1 Å². The van der Waals surface area contributed by atoms with Crippen LogP contribution in [0, 0.1) is 10.1 Å². The number of nitro benzene ring substituents is 1. The first kappa shape index (κ1) is 18.4. The second-order valence-electron chi connectivity index (χ2n) is 5.71. The minimum Gasteiger partial charge on any atom is -0.322 e. The van der Waals surface area contributed by atoms with Crippen LogP contribution in [0.25, 0.3) is 11.6 Å². The molecule has 27 heavy (non-hydrogen) atoms. The van der Waals surface area contributed by atoms with Crippen molar-refractivity contribution in [2.45, 2.75) is 0 Å². The number of hydrogen-bond acceptors (Lipinski definition) is 3. The second kappa shape index (κ2) is 8.29. The predicted molar refractivity (Wildman–Crippen MR) is 107 cm³/mol. The van der Waals surface area contributed by atoms with E-state index < -0.39 is 4.92 Å². The molecule has 134 valence electrons. The lowest BCUT2D eigenvalue weighted by Gasteiger charge is -2.10. The van der Waals surface area contributed by atoms with E-state index in [-0.39, 0.29) is 16.6 Å². The van der Waals surface area contributed by atoms with Gasteiger partial charge in [0.25, 0.3) is 11.6 Å². The van der Waals surface area contributed by atoms with Crippen LogP contribution in [0.4, 0.5) is 11.4 Å². The topological polar surface area (TPSA) is 72.2 Å². The molecule has 3 aromatic carbocycles. The minimum absolute atomic E-state index is 0.0149. The molecule has 6 heteroatoms. The number of carbonyl (C=O) groups excluding carboxylic acids is 1. The van der Waals surface area contributed by atoms with Gasteiger partial charge in [-0.3, -0.25) is 14.9 Å². The summed E-state index contributed by atoms with van der Waals surface area (Å²) in [6, 6.07) is 22.8. The van der Waals surface area contributed by atoms with Gasteiger partial charge in [-0.15, -0.1) is 0 Å². The fourth-order valence-electron chi connectivity index (χ4n) is 2.54. The Morgan fingerprint density at radius 2 is 1.59 bits per heavy atom. The number of amides is 1. The third-order valence-corrected chi connectivity index (χ3v) is 4.16. The van der Waals surface area contributed by atoms with Crippen molar-refractivity contribution in [2.75, 3.05) is 5.32 Å². The number of nitrogens with zero attached hydrogens (tertiary/aromatic N) is 1. The minimum atomic E-state index is -0.587. The van der Waals surface area contributed by atoms with Crippen molar-refractivity contribution >= 4 is 40.5 Å². The van der Waals surface area contributed by atoms with Gasteiger partial charge in [-0.2, -0.15) is 0 Å². The van der Waals surface area contributed by atoms with Gasteiger partial charge < -0.3 is 5.32 Å². The fourth-order valence-corrected chi connectivity index (χ4v) is 2.73. The first-order chi connectivity index (χ1) is 13.0. The van der Waals surface area contributed by atoms with Crippen molar-refractivity contribution in [3.63, 3.8) is 0 Å². The maximum atomic E-state index is 12.9. The molecule has 0 heterocycles. The van der Waals surface area contributed by atoms with Gasteiger partial charge in [-0.1, -0.05) is 72.3 Å². The van der Waals surface area contributed by atoms with Crippen LogP contribution in [0.3, 0.4) is 0 Å². The first-order valence-corrected chi connectivity index (χ1v) is 8.50. The molecule has 0 fully saturated rings. The Morgan fingerprint density at radius 1 is 0.963 bits per heavy atom. The Labute approximate surface area is 161 Å². The van der Waals surface area contributed by atoms with Crippen LogP contribution in [0.15, 0.2) is 78.9 Å². The summed E-state index contributed by atoms with van der Waals surface area (Å²) < 4.78 is 0. The maximum Gasteiger partial charge on any atom is 0.289 e. The number of nitrogens with one attached hydrogen (secondary N) is 1. The average Bonchev–Trinajstić information content (AvgIpc) is 2.69. The van der Waals surface area contributed by atoms with Gasteiger partial charge in [0.05, 0.1) is 4.92 Å². The molecule has 1 N–H and O–H groups in total. The normalized spacial score (nSPS) is 11.1. The van der Waals surface area contributed by atoms with Gasteiger partial charge in [0.1, 0.15) is 5.02 Å². The highest BCUT2D eigenvalue weighted by Crippen LogP contribution is 2.28. The van der Waals surface area contributed by atoms with Crippen LogP contribution in [-0.2, 0) is 4.79 Å². The van der Waals surface area contributed by atoms with E-state index >= 15 is 0 Å². The Morgan fingerprint density at radius 3 is 2.22 bits per heavy atom. The highest BCUT2D eigenvalue weighted by Gasteiger charge is 2.16. The van der Waals surface area contributed by atoms with Gasteiger partial charge >= 0.3 is 0 Å². The summed E-state index contributed by atoms with van der Waals surface area (Å²) in [6.07, 6.45) is 1.77. The largest absolute Gasteiger partial charge is 0.322 e. The molecule has 0 aliphatic rings. The summed E-state index contributed by atoms with van der Waals surface area (Å²) in [5.74, 6) is -0.373. The molecule has 3 rings (SSSR count). The molecular weight excluding hydrogens is 364 g/mol. The molecule has 0 aromatic heterocycles. The van der Waals surface area contributed by atoms with Crippen molar-refractivity contribution < 1.29 is 9.72 Å². The van der Waals surface area contributed by atoms with E-state index in [0.717, 1.165) is 11.1 Å². The van der Waals surface area contributed by atoms with Gasteiger partial charge in [-0.25, -0.2) is 0 Å². The zero-order valence-electron chi connectivity index (χ0n) is 14.1. The second-order valence-corrected chi connectivity index (χ2v) is 6.12. The first-order valence-electron chi connectivity index (χ1n) is 8.12. The molecule has 0 atom stereocenters. The number of halogens is 1. The molecule has 3 aromatic rings. The van der Waals surface area contributed by atoms with E-state index in [2.05, 4.69) is 5.32 Å². The van der Waals surface area contributed by atoms with Crippen molar-refractivity contribution in [1.29, 1.82) is 0 Å². The number of hydrogen-bond donors (Lipinski definition) is 1. The monoisotopic (exact) mass is 378 g/mol. The Bertz CT molecular complexity index is 1000. The lowest BCUT2D eigenvalue weighted by Crippen LogP contribution is -2.13. The van der Waals surface area contributed by atoms with Crippen LogP contribution in [-0.4, -0.2) is 10.8 Å². The number of benzene rings is 3. The SMILES string of the molecule is O=C(Nc1ccc(Cl)c([N+](=O)[O-])c1)/C(=C/c1ccccc1)c1ccccc1. The van der Waals surface area contributed by atoms with E-state index in [9.17, 15) is 14.9 Å². The van der Waals surface area contributed by atoms with E-state index in [1.807, 2.05) is 60.7 Å². The number of rotatable bonds is 5. The van der Waals surface area contributed by atoms with Crippen LogP contribution < -0.4 is 5.32 Å². The number of anilines is 1. The van der Waals surface area contributed by atoms with Gasteiger partial charge in [0.2, 0.25) is 0 Å². The van der Waals surface area contributed by atoms with Crippen LogP contribution >= 0.6 is 11.6 Å². The quantitative estimate of drug-likeness (QED) is 0.278. The average molecular weight is 379 g/mol. The Balaban J connectivity index is 1.96. The molecule has 0 aliphatic carbocycles. The lowest BCUT2D eigenvalue weighted by molar-refractivity contribution is -0.384. The van der Waals surface area contributed by atoms with Crippen molar-refractivity contribution in [3.8, 4) is 0 Å². The third-order valence-electron chi connectivity index (χ3n) is 3.84. The van der Waals surface area contributed by atoms with Crippen molar-refractivity contribution in [1.82, 2.24) is 0 Å². The van der Waals surface area contributed by atoms with Gasteiger partial charge in [0.15, 0.2) is 0 Å². The molecule has 1 amide bonds. The van der Waals surface area contributed by atoms with Crippen LogP contribution in [0.5, 0.6) is 0 Å². The van der Waals surface area contributed by atoms with E-state index in [4.69, 9.17) is 11.6 Å². The standard InChI is InChI=1S/C21H15ClN2O3/c22-19-12-11-17(14-20(19)24(26)27)23-21(25)18(16-9-5-2-6-10-16)13-15-7-3-1-4-8-15/h1-14H,(H,23,25)/b18-13+. The summed E-state index contributed by atoms with van der Waals surface area (Å²) in [7, 11) is 0. The maximum absolute atomic E-state index is 12.9. The molecule has 0 bridgehead atoms. The van der Waals surface area contributed by atoms with Gasteiger partial charge in [0, 0.05) is 17.3 Å². The van der Waals surface area contributed by atoms with Crippen molar-refractivity contribution in [3.05, 3.63) is 105 Å². The summed E-state index contributed by atoms with van der Waals surface area (Å²) in [4.78, 5) is 23.4. The zero-order valence-corrected chi connectivity index (χ0v) is 14.9. The van der Waals surface area contributed by atoms with Crippen molar-refractivity contribution in [2.24, 2.45) is 0 Å². The molecule has 0 unspecified atom stereocenters. The molecule has 0 radical (unpaired) electrons. The Kier molecular flexibility index (Phi) is 5.64.